The minimum absolute atomic E-state index is 0.0315. The molecule has 0 saturated heterocycles. The molecule has 0 atom stereocenters. The van der Waals surface area contributed by atoms with Crippen molar-refractivity contribution in [3.05, 3.63) is 46.2 Å². The highest BCUT2D eigenvalue weighted by atomic mass is 32.1. The Morgan fingerprint density at radius 3 is 2.77 bits per heavy atom. The van der Waals surface area contributed by atoms with Crippen molar-refractivity contribution in [1.82, 2.24) is 5.43 Å². The Morgan fingerprint density at radius 1 is 1.32 bits per heavy atom. The molecule has 22 heavy (non-hydrogen) atoms. The van der Waals surface area contributed by atoms with Gasteiger partial charge in [-0.1, -0.05) is 6.07 Å². The van der Waals surface area contributed by atoms with E-state index in [4.69, 9.17) is 9.47 Å². The van der Waals surface area contributed by atoms with Crippen molar-refractivity contribution in [3.8, 4) is 11.5 Å². The number of rotatable bonds is 6. The van der Waals surface area contributed by atoms with Gasteiger partial charge in [0.05, 0.1) is 19.4 Å². The molecule has 1 heterocycles. The average molecular weight is 318 g/mol. The van der Waals surface area contributed by atoms with E-state index in [1.165, 1.54) is 0 Å². The van der Waals surface area contributed by atoms with Crippen LogP contribution in [0.1, 0.15) is 29.1 Å². The molecule has 0 bridgehead atoms. The van der Waals surface area contributed by atoms with Gasteiger partial charge < -0.3 is 9.47 Å². The van der Waals surface area contributed by atoms with Gasteiger partial charge in [-0.3, -0.25) is 4.79 Å². The van der Waals surface area contributed by atoms with E-state index in [0.29, 0.717) is 17.1 Å². The summed E-state index contributed by atoms with van der Waals surface area (Å²) in [5, 5.41) is 5.88. The summed E-state index contributed by atoms with van der Waals surface area (Å²) in [5.41, 5.74) is 2.94. The lowest BCUT2D eigenvalue weighted by atomic mass is 10.2. The van der Waals surface area contributed by atoms with Crippen molar-refractivity contribution in [2.24, 2.45) is 5.10 Å². The van der Waals surface area contributed by atoms with Crippen molar-refractivity contribution in [2.45, 2.75) is 20.0 Å². The number of ether oxygens (including phenoxy) is 2. The number of amides is 1. The molecule has 0 radical (unpaired) electrons. The Labute approximate surface area is 133 Å². The molecule has 0 aliphatic rings. The number of hydrogen-bond donors (Lipinski definition) is 1. The first-order valence-corrected chi connectivity index (χ1v) is 7.69. The van der Waals surface area contributed by atoms with E-state index in [1.807, 2.05) is 31.4 Å². The van der Waals surface area contributed by atoms with Gasteiger partial charge in [-0.25, -0.2) is 5.43 Å². The van der Waals surface area contributed by atoms with Crippen LogP contribution in [0, 0.1) is 0 Å². The largest absolute Gasteiger partial charge is 0.493 e. The number of nitrogens with one attached hydrogen (secondary N) is 1. The number of thiophene rings is 1. The molecule has 0 spiro atoms. The first kappa shape index (κ1) is 16.0. The monoisotopic (exact) mass is 318 g/mol. The van der Waals surface area contributed by atoms with Crippen LogP contribution < -0.4 is 14.9 Å². The number of methoxy groups -OCH3 is 1. The lowest BCUT2D eigenvalue weighted by molar-refractivity contribution is 0.0954. The normalized spacial score (nSPS) is 10.9. The third kappa shape index (κ3) is 4.33. The van der Waals surface area contributed by atoms with Gasteiger partial charge in [-0.05, 0) is 43.5 Å². The first-order chi connectivity index (χ1) is 10.6. The fourth-order valence-electron chi connectivity index (χ4n) is 1.74. The SMILES string of the molecule is COc1cc(C(=O)NN=Cc2cccs2)ccc1OC(C)C. The Hall–Kier alpha value is -2.34. The van der Waals surface area contributed by atoms with Crippen LogP contribution in [0.4, 0.5) is 0 Å². The molecular formula is C16H18N2O3S. The molecule has 0 unspecified atom stereocenters. The van der Waals surface area contributed by atoms with Crippen LogP contribution in [0.2, 0.25) is 0 Å². The quantitative estimate of drug-likeness (QED) is 0.656. The van der Waals surface area contributed by atoms with Crippen LogP contribution in [-0.4, -0.2) is 25.3 Å². The maximum absolute atomic E-state index is 12.1. The Balaban J connectivity index is 2.06. The fourth-order valence-corrected chi connectivity index (χ4v) is 2.33. The second-order valence-corrected chi connectivity index (χ2v) is 5.73. The zero-order valence-electron chi connectivity index (χ0n) is 12.7. The summed E-state index contributed by atoms with van der Waals surface area (Å²) >= 11 is 1.55. The summed E-state index contributed by atoms with van der Waals surface area (Å²) in [6, 6.07) is 8.87. The van der Waals surface area contributed by atoms with E-state index in [9.17, 15) is 4.79 Å². The van der Waals surface area contributed by atoms with Crippen molar-refractivity contribution in [1.29, 1.82) is 0 Å². The lowest BCUT2D eigenvalue weighted by Crippen LogP contribution is -2.17. The maximum Gasteiger partial charge on any atom is 0.271 e. The highest BCUT2D eigenvalue weighted by molar-refractivity contribution is 7.11. The van der Waals surface area contributed by atoms with Gasteiger partial charge >= 0.3 is 0 Å². The summed E-state index contributed by atoms with van der Waals surface area (Å²) in [6.07, 6.45) is 1.64. The van der Waals surface area contributed by atoms with Gasteiger partial charge in [0, 0.05) is 10.4 Å². The number of benzene rings is 1. The van der Waals surface area contributed by atoms with Gasteiger partial charge in [0.15, 0.2) is 11.5 Å². The molecule has 1 N–H and O–H groups in total. The first-order valence-electron chi connectivity index (χ1n) is 6.81. The molecule has 1 amide bonds. The lowest BCUT2D eigenvalue weighted by Gasteiger charge is -2.14. The molecule has 2 rings (SSSR count). The van der Waals surface area contributed by atoms with Crippen LogP contribution in [0.3, 0.4) is 0 Å². The van der Waals surface area contributed by atoms with Crippen LogP contribution in [0.5, 0.6) is 11.5 Å². The van der Waals surface area contributed by atoms with E-state index >= 15 is 0 Å². The standard InChI is InChI=1S/C16H18N2O3S/c1-11(2)21-14-7-6-12(9-15(14)20-3)16(19)18-17-10-13-5-4-8-22-13/h4-11H,1-3H3,(H,18,19). The molecule has 116 valence electrons. The molecule has 1 aromatic carbocycles. The molecule has 6 heteroatoms. The summed E-state index contributed by atoms with van der Waals surface area (Å²) in [6.45, 7) is 3.86. The number of hydrogen-bond acceptors (Lipinski definition) is 5. The molecule has 2 aromatic rings. The van der Waals surface area contributed by atoms with E-state index in [1.54, 1.807) is 42.9 Å². The molecule has 0 saturated carbocycles. The molecular weight excluding hydrogens is 300 g/mol. The van der Waals surface area contributed by atoms with E-state index < -0.39 is 0 Å². The number of hydrazone groups is 1. The Bertz CT molecular complexity index is 651. The summed E-state index contributed by atoms with van der Waals surface area (Å²) < 4.78 is 10.9. The minimum Gasteiger partial charge on any atom is -0.493 e. The number of carbonyl (C=O) groups excluding carboxylic acids is 1. The fraction of sp³-hybridized carbons (Fsp3) is 0.250. The van der Waals surface area contributed by atoms with E-state index in [-0.39, 0.29) is 12.0 Å². The van der Waals surface area contributed by atoms with Gasteiger partial charge in [-0.2, -0.15) is 5.10 Å². The highest BCUT2D eigenvalue weighted by Crippen LogP contribution is 2.28. The molecule has 0 aliphatic heterocycles. The number of carbonyl (C=O) groups is 1. The summed E-state index contributed by atoms with van der Waals surface area (Å²) in [4.78, 5) is 13.0. The predicted molar refractivity (Wildman–Crippen MR) is 88.1 cm³/mol. The van der Waals surface area contributed by atoms with Crippen molar-refractivity contribution in [2.75, 3.05) is 7.11 Å². The second-order valence-electron chi connectivity index (χ2n) is 4.75. The van der Waals surface area contributed by atoms with Crippen LogP contribution in [-0.2, 0) is 0 Å². The third-order valence-electron chi connectivity index (χ3n) is 2.69. The van der Waals surface area contributed by atoms with Crippen LogP contribution >= 0.6 is 11.3 Å². The second kappa shape index (κ2) is 7.61. The molecule has 0 fully saturated rings. The van der Waals surface area contributed by atoms with Crippen molar-refractivity contribution < 1.29 is 14.3 Å². The summed E-state index contributed by atoms with van der Waals surface area (Å²) in [7, 11) is 1.54. The number of nitrogens with zero attached hydrogens (tertiary/aromatic N) is 1. The third-order valence-corrected chi connectivity index (χ3v) is 3.50. The van der Waals surface area contributed by atoms with E-state index in [2.05, 4.69) is 10.5 Å². The van der Waals surface area contributed by atoms with Gasteiger partial charge in [-0.15, -0.1) is 11.3 Å². The van der Waals surface area contributed by atoms with Crippen LogP contribution in [0.15, 0.2) is 40.8 Å². The van der Waals surface area contributed by atoms with Crippen LogP contribution in [0.25, 0.3) is 0 Å². The average Bonchev–Trinajstić information content (AvgIpc) is 3.00. The van der Waals surface area contributed by atoms with Gasteiger partial charge in [0.25, 0.3) is 5.91 Å². The molecule has 5 nitrogen and oxygen atoms in total. The van der Waals surface area contributed by atoms with Crippen molar-refractivity contribution >= 4 is 23.5 Å². The van der Waals surface area contributed by atoms with Gasteiger partial charge in [0.2, 0.25) is 0 Å². The molecule has 0 aliphatic carbocycles. The summed E-state index contributed by atoms with van der Waals surface area (Å²) in [5.74, 6) is 0.821. The predicted octanol–water partition coefficient (Wildman–Crippen LogP) is 3.31. The zero-order valence-corrected chi connectivity index (χ0v) is 13.5. The van der Waals surface area contributed by atoms with E-state index in [0.717, 1.165) is 4.88 Å². The Kier molecular flexibility index (Phi) is 5.55. The smallest absolute Gasteiger partial charge is 0.271 e. The highest BCUT2D eigenvalue weighted by Gasteiger charge is 2.11. The Morgan fingerprint density at radius 2 is 2.14 bits per heavy atom. The van der Waals surface area contributed by atoms with Crippen molar-refractivity contribution in [3.63, 3.8) is 0 Å². The molecule has 1 aromatic heterocycles. The van der Waals surface area contributed by atoms with Gasteiger partial charge in [0.1, 0.15) is 0 Å². The zero-order chi connectivity index (χ0) is 15.9. The minimum atomic E-state index is -0.304. The maximum atomic E-state index is 12.1. The topological polar surface area (TPSA) is 59.9 Å².